The zero-order chi connectivity index (χ0) is 19.9. The standard InChI is InChI=1S/C22H30N4O3/c1-25-11-13-26(14-12-25)10-9-23-20-8-7-19(21(24-20)22-27-15-16-28-22)29-17-18-5-3-2-4-6-18/h2-8,22H,9-17H2,1H3,(H,23,24). The third-order valence-electron chi connectivity index (χ3n) is 5.30. The maximum atomic E-state index is 6.04. The maximum Gasteiger partial charge on any atom is 0.205 e. The molecule has 0 bridgehead atoms. The monoisotopic (exact) mass is 398 g/mol. The van der Waals surface area contributed by atoms with Crippen LogP contribution in [0, 0.1) is 0 Å². The lowest BCUT2D eigenvalue weighted by molar-refractivity contribution is -0.0490. The van der Waals surface area contributed by atoms with E-state index < -0.39 is 6.29 Å². The van der Waals surface area contributed by atoms with E-state index in [-0.39, 0.29) is 0 Å². The van der Waals surface area contributed by atoms with Crippen molar-refractivity contribution in [1.82, 2.24) is 14.8 Å². The van der Waals surface area contributed by atoms with Crippen molar-refractivity contribution in [2.45, 2.75) is 12.9 Å². The molecule has 4 rings (SSSR count). The Bertz CT molecular complexity index is 760. The minimum Gasteiger partial charge on any atom is -0.487 e. The van der Waals surface area contributed by atoms with Crippen LogP contribution in [0.3, 0.4) is 0 Å². The Morgan fingerprint density at radius 2 is 1.79 bits per heavy atom. The maximum absolute atomic E-state index is 6.04. The number of ether oxygens (including phenoxy) is 3. The molecule has 0 saturated carbocycles. The Hall–Kier alpha value is -2.19. The molecule has 2 saturated heterocycles. The first-order valence-corrected chi connectivity index (χ1v) is 10.3. The Kier molecular flexibility index (Phi) is 6.95. The van der Waals surface area contributed by atoms with Crippen LogP contribution in [0.1, 0.15) is 17.5 Å². The zero-order valence-corrected chi connectivity index (χ0v) is 17.0. The van der Waals surface area contributed by atoms with Gasteiger partial charge >= 0.3 is 0 Å². The van der Waals surface area contributed by atoms with Crippen molar-refractivity contribution in [2.75, 3.05) is 64.8 Å². The predicted molar refractivity (Wildman–Crippen MR) is 112 cm³/mol. The van der Waals surface area contributed by atoms with Crippen molar-refractivity contribution in [3.8, 4) is 5.75 Å². The van der Waals surface area contributed by atoms with Gasteiger partial charge in [0.15, 0.2) is 0 Å². The van der Waals surface area contributed by atoms with E-state index in [0.29, 0.717) is 31.3 Å². The van der Waals surface area contributed by atoms with Gasteiger partial charge < -0.3 is 24.4 Å². The first kappa shape index (κ1) is 20.1. The van der Waals surface area contributed by atoms with Crippen molar-refractivity contribution in [1.29, 1.82) is 0 Å². The third kappa shape index (κ3) is 5.67. The molecule has 2 fully saturated rings. The summed E-state index contributed by atoms with van der Waals surface area (Å²) in [6.45, 7) is 7.99. The molecule has 0 spiro atoms. The van der Waals surface area contributed by atoms with Crippen LogP contribution >= 0.6 is 0 Å². The van der Waals surface area contributed by atoms with Crippen LogP contribution < -0.4 is 10.1 Å². The molecule has 2 aliphatic rings. The predicted octanol–water partition coefficient (Wildman–Crippen LogP) is 2.37. The molecule has 2 aromatic rings. The molecule has 2 aliphatic heterocycles. The van der Waals surface area contributed by atoms with Gasteiger partial charge in [-0.2, -0.15) is 0 Å². The molecule has 1 N–H and O–H groups in total. The summed E-state index contributed by atoms with van der Waals surface area (Å²) in [6, 6.07) is 14.0. The molecule has 0 amide bonds. The molecular formula is C22H30N4O3. The Labute approximate surface area is 172 Å². The highest BCUT2D eigenvalue weighted by atomic mass is 16.7. The summed E-state index contributed by atoms with van der Waals surface area (Å²) in [5, 5.41) is 3.43. The number of rotatable bonds is 8. The normalized spacial score (nSPS) is 18.8. The lowest BCUT2D eigenvalue weighted by atomic mass is 10.2. The molecule has 0 unspecified atom stereocenters. The van der Waals surface area contributed by atoms with Crippen LogP contribution in [0.5, 0.6) is 5.75 Å². The van der Waals surface area contributed by atoms with E-state index in [1.165, 1.54) is 0 Å². The number of pyridine rings is 1. The van der Waals surface area contributed by atoms with Gasteiger partial charge in [0.1, 0.15) is 23.9 Å². The van der Waals surface area contributed by atoms with Gasteiger partial charge in [0.05, 0.1) is 13.2 Å². The fraction of sp³-hybridized carbons (Fsp3) is 0.500. The Balaban J connectivity index is 1.37. The summed E-state index contributed by atoms with van der Waals surface area (Å²) in [5.41, 5.74) is 1.81. The average molecular weight is 399 g/mol. The molecule has 1 aromatic carbocycles. The molecule has 0 radical (unpaired) electrons. The summed E-state index contributed by atoms with van der Waals surface area (Å²) in [5.74, 6) is 1.52. The molecule has 0 aliphatic carbocycles. The quantitative estimate of drug-likeness (QED) is 0.733. The summed E-state index contributed by atoms with van der Waals surface area (Å²) in [4.78, 5) is 9.60. The fourth-order valence-electron chi connectivity index (χ4n) is 3.52. The third-order valence-corrected chi connectivity index (χ3v) is 5.30. The first-order chi connectivity index (χ1) is 14.3. The molecule has 3 heterocycles. The van der Waals surface area contributed by atoms with Crippen molar-refractivity contribution in [3.05, 3.63) is 53.7 Å². The minimum absolute atomic E-state index is 0.472. The van der Waals surface area contributed by atoms with Crippen molar-refractivity contribution >= 4 is 5.82 Å². The number of hydrogen-bond acceptors (Lipinski definition) is 7. The van der Waals surface area contributed by atoms with Crippen LogP contribution in [0.4, 0.5) is 5.82 Å². The number of anilines is 1. The lowest BCUT2D eigenvalue weighted by Crippen LogP contribution is -2.45. The van der Waals surface area contributed by atoms with E-state index in [1.807, 2.05) is 42.5 Å². The minimum atomic E-state index is -0.472. The number of aromatic nitrogens is 1. The van der Waals surface area contributed by atoms with Gasteiger partial charge in [0.25, 0.3) is 0 Å². The van der Waals surface area contributed by atoms with Crippen molar-refractivity contribution in [3.63, 3.8) is 0 Å². The van der Waals surface area contributed by atoms with Gasteiger partial charge in [-0.15, -0.1) is 0 Å². The van der Waals surface area contributed by atoms with Gasteiger partial charge in [-0.3, -0.25) is 4.90 Å². The van der Waals surface area contributed by atoms with E-state index in [0.717, 1.165) is 50.6 Å². The van der Waals surface area contributed by atoms with Crippen LogP contribution in [0.25, 0.3) is 0 Å². The summed E-state index contributed by atoms with van der Waals surface area (Å²) in [6.07, 6.45) is -0.472. The van der Waals surface area contributed by atoms with Gasteiger partial charge in [0, 0.05) is 39.3 Å². The molecule has 7 nitrogen and oxygen atoms in total. The second-order valence-electron chi connectivity index (χ2n) is 7.50. The smallest absolute Gasteiger partial charge is 0.205 e. The molecule has 0 atom stereocenters. The van der Waals surface area contributed by atoms with Crippen LogP contribution in [0.2, 0.25) is 0 Å². The van der Waals surface area contributed by atoms with E-state index >= 15 is 0 Å². The van der Waals surface area contributed by atoms with Crippen LogP contribution in [0.15, 0.2) is 42.5 Å². The number of nitrogens with one attached hydrogen (secondary N) is 1. The SMILES string of the molecule is CN1CCN(CCNc2ccc(OCc3ccccc3)c(C3OCCO3)n2)CC1. The number of likely N-dealkylation sites (N-methyl/N-ethyl adjacent to an activating group) is 1. The van der Waals surface area contributed by atoms with Gasteiger partial charge in [0.2, 0.25) is 6.29 Å². The average Bonchev–Trinajstić information content (AvgIpc) is 3.30. The fourth-order valence-corrected chi connectivity index (χ4v) is 3.52. The lowest BCUT2D eigenvalue weighted by Gasteiger charge is -2.32. The molecule has 29 heavy (non-hydrogen) atoms. The van der Waals surface area contributed by atoms with Crippen molar-refractivity contribution < 1.29 is 14.2 Å². The zero-order valence-electron chi connectivity index (χ0n) is 17.0. The summed E-state index contributed by atoms with van der Waals surface area (Å²) >= 11 is 0. The summed E-state index contributed by atoms with van der Waals surface area (Å²) in [7, 11) is 2.18. The largest absolute Gasteiger partial charge is 0.487 e. The van der Waals surface area contributed by atoms with Crippen molar-refractivity contribution in [2.24, 2.45) is 0 Å². The van der Waals surface area contributed by atoms with E-state index in [1.54, 1.807) is 0 Å². The first-order valence-electron chi connectivity index (χ1n) is 10.3. The Morgan fingerprint density at radius 1 is 1.03 bits per heavy atom. The Morgan fingerprint density at radius 3 is 2.55 bits per heavy atom. The highest BCUT2D eigenvalue weighted by molar-refractivity contribution is 5.42. The second-order valence-corrected chi connectivity index (χ2v) is 7.50. The van der Waals surface area contributed by atoms with Gasteiger partial charge in [-0.25, -0.2) is 4.98 Å². The molecule has 7 heteroatoms. The number of nitrogens with zero attached hydrogens (tertiary/aromatic N) is 3. The van der Waals surface area contributed by atoms with Gasteiger partial charge in [-0.1, -0.05) is 30.3 Å². The van der Waals surface area contributed by atoms with E-state index in [9.17, 15) is 0 Å². The van der Waals surface area contributed by atoms with Crippen LogP contribution in [-0.4, -0.2) is 74.3 Å². The molecule has 156 valence electrons. The van der Waals surface area contributed by atoms with Gasteiger partial charge in [-0.05, 0) is 24.7 Å². The van der Waals surface area contributed by atoms with Crippen LogP contribution in [-0.2, 0) is 16.1 Å². The number of hydrogen-bond donors (Lipinski definition) is 1. The highest BCUT2D eigenvalue weighted by Gasteiger charge is 2.24. The number of benzene rings is 1. The highest BCUT2D eigenvalue weighted by Crippen LogP contribution is 2.31. The van der Waals surface area contributed by atoms with E-state index in [2.05, 4.69) is 22.2 Å². The number of piperazine rings is 1. The topological polar surface area (TPSA) is 59.1 Å². The van der Waals surface area contributed by atoms with E-state index in [4.69, 9.17) is 19.2 Å². The summed E-state index contributed by atoms with van der Waals surface area (Å²) < 4.78 is 17.4. The molecule has 1 aromatic heterocycles. The second kappa shape index (κ2) is 10.0. The molecular weight excluding hydrogens is 368 g/mol.